The fourth-order valence-corrected chi connectivity index (χ4v) is 2.83. The number of hydrogen-bond acceptors (Lipinski definition) is 4. The van der Waals surface area contributed by atoms with Gasteiger partial charge in [0.1, 0.15) is 17.4 Å². The van der Waals surface area contributed by atoms with Crippen molar-refractivity contribution in [3.05, 3.63) is 72.4 Å². The Kier molecular flexibility index (Phi) is 3.29. The minimum Gasteiger partial charge on any atom is -0.291 e. The molecule has 0 aliphatic heterocycles. The summed E-state index contributed by atoms with van der Waals surface area (Å²) < 4.78 is 1.80. The summed E-state index contributed by atoms with van der Waals surface area (Å²) in [5.41, 5.74) is 5.99. The highest BCUT2D eigenvalue weighted by Gasteiger charge is 2.14. The predicted molar refractivity (Wildman–Crippen MR) is 91.1 cm³/mol. The number of imidazole rings is 1. The van der Waals surface area contributed by atoms with Gasteiger partial charge in [0, 0.05) is 29.7 Å². The zero-order valence-electron chi connectivity index (χ0n) is 13.0. The minimum absolute atomic E-state index is 0.507. The number of rotatable bonds is 2. The van der Waals surface area contributed by atoms with E-state index >= 15 is 0 Å². The summed E-state index contributed by atoms with van der Waals surface area (Å²) >= 11 is 0. The Morgan fingerprint density at radius 1 is 1.00 bits per heavy atom. The number of pyridine rings is 3. The lowest BCUT2D eigenvalue weighted by atomic mass is 9.98. The van der Waals surface area contributed by atoms with Crippen molar-refractivity contribution >= 4 is 5.65 Å². The van der Waals surface area contributed by atoms with Crippen LogP contribution in [0.5, 0.6) is 0 Å². The zero-order valence-corrected chi connectivity index (χ0v) is 13.0. The molecule has 4 rings (SSSR count). The summed E-state index contributed by atoms with van der Waals surface area (Å²) in [6.45, 7) is 2.05. The summed E-state index contributed by atoms with van der Waals surface area (Å²) in [5, 5.41) is 9.24. The van der Waals surface area contributed by atoms with Crippen molar-refractivity contribution in [3.63, 3.8) is 0 Å². The predicted octanol–water partition coefficient (Wildman–Crippen LogP) is 3.64. The monoisotopic (exact) mass is 311 g/mol. The van der Waals surface area contributed by atoms with Crippen molar-refractivity contribution in [2.45, 2.75) is 6.92 Å². The fourth-order valence-electron chi connectivity index (χ4n) is 2.83. The van der Waals surface area contributed by atoms with Gasteiger partial charge in [0.25, 0.3) is 0 Å². The summed E-state index contributed by atoms with van der Waals surface area (Å²) in [4.78, 5) is 13.2. The van der Waals surface area contributed by atoms with E-state index < -0.39 is 0 Å². The quantitative estimate of drug-likeness (QED) is 0.567. The third kappa shape index (κ3) is 2.22. The molecular formula is C19H13N5. The number of aromatic nitrogens is 4. The summed E-state index contributed by atoms with van der Waals surface area (Å²) in [5.74, 6) is 0. The molecule has 5 nitrogen and oxygen atoms in total. The Hall–Kier alpha value is -3.52. The van der Waals surface area contributed by atoms with Gasteiger partial charge in [0.05, 0.1) is 17.6 Å². The van der Waals surface area contributed by atoms with Gasteiger partial charge in [-0.05, 0) is 42.8 Å². The molecule has 114 valence electrons. The van der Waals surface area contributed by atoms with Crippen LogP contribution in [0.4, 0.5) is 0 Å². The maximum Gasteiger partial charge on any atom is 0.144 e. The first kappa shape index (κ1) is 14.1. The lowest BCUT2D eigenvalue weighted by Crippen LogP contribution is -1.96. The molecule has 0 atom stereocenters. The SMILES string of the molecule is Cc1ccnc(-c2ccccn2)c1-c1ccc2ncc(C#N)n2c1. The lowest BCUT2D eigenvalue weighted by Gasteiger charge is -2.12. The zero-order chi connectivity index (χ0) is 16.5. The van der Waals surface area contributed by atoms with E-state index in [9.17, 15) is 5.26 Å². The number of fused-ring (bicyclic) bond motifs is 1. The second kappa shape index (κ2) is 5.60. The molecule has 0 saturated carbocycles. The molecule has 24 heavy (non-hydrogen) atoms. The molecule has 0 amide bonds. The van der Waals surface area contributed by atoms with Crippen LogP contribution in [-0.2, 0) is 0 Å². The van der Waals surface area contributed by atoms with Crippen molar-refractivity contribution in [1.82, 2.24) is 19.4 Å². The molecule has 0 aliphatic rings. The Morgan fingerprint density at radius 3 is 2.71 bits per heavy atom. The Morgan fingerprint density at radius 2 is 1.92 bits per heavy atom. The van der Waals surface area contributed by atoms with E-state index in [4.69, 9.17) is 0 Å². The number of nitriles is 1. The Bertz CT molecular complexity index is 1070. The molecule has 5 heteroatoms. The maximum absolute atomic E-state index is 9.24. The van der Waals surface area contributed by atoms with Gasteiger partial charge in [0.15, 0.2) is 0 Å². The highest BCUT2D eigenvalue weighted by molar-refractivity contribution is 5.81. The minimum atomic E-state index is 0.507. The molecule has 0 saturated heterocycles. The molecule has 0 N–H and O–H groups in total. The number of nitrogens with zero attached hydrogens (tertiary/aromatic N) is 5. The molecule has 4 aromatic rings. The molecule has 0 aliphatic carbocycles. The van der Waals surface area contributed by atoms with Crippen molar-refractivity contribution in [1.29, 1.82) is 5.26 Å². The molecule has 0 aromatic carbocycles. The molecular weight excluding hydrogens is 298 g/mol. The van der Waals surface area contributed by atoms with Gasteiger partial charge in [-0.15, -0.1) is 0 Å². The standard InChI is InChI=1S/C19H13N5/c1-13-7-9-22-19(16-4-2-3-8-21-16)18(13)14-5-6-17-23-11-15(10-20)24(17)12-14/h2-9,11-12H,1H3. The fraction of sp³-hybridized carbons (Fsp3) is 0.0526. The third-order valence-electron chi connectivity index (χ3n) is 3.98. The second-order valence-electron chi connectivity index (χ2n) is 5.47. The summed E-state index contributed by atoms with van der Waals surface area (Å²) in [6, 6.07) is 13.8. The van der Waals surface area contributed by atoms with Crippen LogP contribution in [0, 0.1) is 18.3 Å². The van der Waals surface area contributed by atoms with Crippen LogP contribution >= 0.6 is 0 Å². The van der Waals surface area contributed by atoms with E-state index in [-0.39, 0.29) is 0 Å². The van der Waals surface area contributed by atoms with E-state index in [2.05, 4.69) is 21.0 Å². The number of hydrogen-bond donors (Lipinski definition) is 0. The molecule has 0 radical (unpaired) electrons. The van der Waals surface area contributed by atoms with Gasteiger partial charge in [-0.25, -0.2) is 4.98 Å². The van der Waals surface area contributed by atoms with Crippen LogP contribution in [0.25, 0.3) is 28.2 Å². The second-order valence-corrected chi connectivity index (χ2v) is 5.47. The van der Waals surface area contributed by atoms with Gasteiger partial charge in [0.2, 0.25) is 0 Å². The lowest BCUT2D eigenvalue weighted by molar-refractivity contribution is 1.15. The maximum atomic E-state index is 9.24. The number of aryl methyl sites for hydroxylation is 1. The van der Waals surface area contributed by atoms with Gasteiger partial charge in [-0.1, -0.05) is 6.07 Å². The van der Waals surface area contributed by atoms with Crippen LogP contribution in [0.15, 0.2) is 61.2 Å². The van der Waals surface area contributed by atoms with Gasteiger partial charge >= 0.3 is 0 Å². The molecule has 4 heterocycles. The Labute approximate surface area is 138 Å². The highest BCUT2D eigenvalue weighted by Crippen LogP contribution is 2.32. The van der Waals surface area contributed by atoms with Crippen LogP contribution < -0.4 is 0 Å². The molecule has 0 bridgehead atoms. The van der Waals surface area contributed by atoms with E-state index in [0.717, 1.165) is 33.7 Å². The summed E-state index contributed by atoms with van der Waals surface area (Å²) in [6.07, 6.45) is 7.06. The van der Waals surface area contributed by atoms with Crippen molar-refractivity contribution in [3.8, 4) is 28.6 Å². The average molecular weight is 311 g/mol. The molecule has 0 spiro atoms. The summed E-state index contributed by atoms with van der Waals surface area (Å²) in [7, 11) is 0. The van der Waals surface area contributed by atoms with E-state index in [0.29, 0.717) is 5.69 Å². The van der Waals surface area contributed by atoms with Crippen LogP contribution in [0.1, 0.15) is 11.3 Å². The molecule has 0 unspecified atom stereocenters. The Balaban J connectivity index is 1.99. The first-order valence-corrected chi connectivity index (χ1v) is 7.52. The van der Waals surface area contributed by atoms with E-state index in [1.54, 1.807) is 23.0 Å². The van der Waals surface area contributed by atoms with E-state index in [1.807, 2.05) is 49.5 Å². The van der Waals surface area contributed by atoms with Crippen molar-refractivity contribution in [2.24, 2.45) is 0 Å². The van der Waals surface area contributed by atoms with Gasteiger partial charge in [-0.2, -0.15) is 5.26 Å². The van der Waals surface area contributed by atoms with Crippen molar-refractivity contribution in [2.75, 3.05) is 0 Å². The van der Waals surface area contributed by atoms with Crippen LogP contribution in [-0.4, -0.2) is 19.4 Å². The highest BCUT2D eigenvalue weighted by atomic mass is 15.0. The van der Waals surface area contributed by atoms with Gasteiger partial charge in [-0.3, -0.25) is 14.4 Å². The first-order valence-electron chi connectivity index (χ1n) is 7.52. The largest absolute Gasteiger partial charge is 0.291 e. The van der Waals surface area contributed by atoms with Crippen molar-refractivity contribution < 1.29 is 0 Å². The van der Waals surface area contributed by atoms with Gasteiger partial charge < -0.3 is 0 Å². The topological polar surface area (TPSA) is 66.9 Å². The molecule has 0 fully saturated rings. The first-order chi connectivity index (χ1) is 11.8. The van der Waals surface area contributed by atoms with Crippen LogP contribution in [0.3, 0.4) is 0 Å². The average Bonchev–Trinajstić information content (AvgIpc) is 3.04. The smallest absolute Gasteiger partial charge is 0.144 e. The normalized spacial score (nSPS) is 10.7. The molecule has 4 aromatic heterocycles. The third-order valence-corrected chi connectivity index (χ3v) is 3.98. The van der Waals surface area contributed by atoms with E-state index in [1.165, 1.54) is 0 Å². The van der Waals surface area contributed by atoms with Crippen LogP contribution in [0.2, 0.25) is 0 Å².